The first-order chi connectivity index (χ1) is 6.04. The van der Waals surface area contributed by atoms with Crippen LogP contribution in [0.25, 0.3) is 0 Å². The van der Waals surface area contributed by atoms with Crippen LogP contribution in [-0.2, 0) is 4.74 Å². The van der Waals surface area contributed by atoms with Crippen LogP contribution < -0.4 is 16.8 Å². The van der Waals surface area contributed by atoms with Crippen molar-refractivity contribution in [3.63, 3.8) is 0 Å². The van der Waals surface area contributed by atoms with Gasteiger partial charge in [0.05, 0.1) is 6.61 Å². The average molecular weight is 193 g/mol. The van der Waals surface area contributed by atoms with E-state index >= 15 is 0 Å². The SMILES string of the molecule is CC(O)NCCN.CCOC(N)=O. The Balaban J connectivity index is 0. The highest BCUT2D eigenvalue weighted by Gasteiger charge is 1.87. The summed E-state index contributed by atoms with van der Waals surface area (Å²) in [7, 11) is 0. The van der Waals surface area contributed by atoms with Crippen LogP contribution in [0.3, 0.4) is 0 Å². The highest BCUT2D eigenvalue weighted by Crippen LogP contribution is 1.66. The number of rotatable bonds is 4. The van der Waals surface area contributed by atoms with E-state index in [4.69, 9.17) is 10.8 Å². The summed E-state index contributed by atoms with van der Waals surface area (Å²) in [6.45, 7) is 4.97. The summed E-state index contributed by atoms with van der Waals surface area (Å²) < 4.78 is 4.18. The van der Waals surface area contributed by atoms with Gasteiger partial charge in [0.2, 0.25) is 0 Å². The van der Waals surface area contributed by atoms with Crippen molar-refractivity contribution >= 4 is 6.09 Å². The molecule has 0 bridgehead atoms. The van der Waals surface area contributed by atoms with Gasteiger partial charge >= 0.3 is 6.09 Å². The first-order valence-corrected chi connectivity index (χ1v) is 4.08. The van der Waals surface area contributed by atoms with E-state index in [-0.39, 0.29) is 0 Å². The lowest BCUT2D eigenvalue weighted by Gasteiger charge is -2.02. The molecule has 0 aromatic carbocycles. The van der Waals surface area contributed by atoms with Crippen molar-refractivity contribution in [1.29, 1.82) is 0 Å². The highest BCUT2D eigenvalue weighted by atomic mass is 16.5. The Morgan fingerprint density at radius 2 is 2.23 bits per heavy atom. The lowest BCUT2D eigenvalue weighted by atomic mass is 10.6. The van der Waals surface area contributed by atoms with E-state index in [9.17, 15) is 4.79 Å². The minimum absolute atomic E-state index is 0.356. The molecule has 1 atom stereocenters. The van der Waals surface area contributed by atoms with E-state index < -0.39 is 12.3 Å². The third-order valence-electron chi connectivity index (χ3n) is 0.871. The van der Waals surface area contributed by atoms with Gasteiger partial charge in [-0.3, -0.25) is 5.32 Å². The van der Waals surface area contributed by atoms with Crippen LogP contribution in [-0.4, -0.2) is 37.1 Å². The molecule has 0 heterocycles. The molecule has 0 aromatic heterocycles. The topological polar surface area (TPSA) is 111 Å². The number of amides is 1. The van der Waals surface area contributed by atoms with E-state index in [0.29, 0.717) is 19.7 Å². The molecule has 0 aliphatic carbocycles. The van der Waals surface area contributed by atoms with Crippen LogP contribution in [0.4, 0.5) is 4.79 Å². The van der Waals surface area contributed by atoms with E-state index in [0.717, 1.165) is 0 Å². The van der Waals surface area contributed by atoms with Crippen LogP contribution in [0, 0.1) is 0 Å². The fourth-order valence-electron chi connectivity index (χ4n) is 0.434. The zero-order valence-electron chi connectivity index (χ0n) is 8.12. The molecule has 6 nitrogen and oxygen atoms in total. The standard InChI is InChI=1S/C4H12N2O.C3H7NO2/c1-4(7)6-3-2-5;1-2-6-3(4)5/h4,6-7H,2-3,5H2,1H3;2H2,1H3,(H2,4,5). The van der Waals surface area contributed by atoms with Crippen molar-refractivity contribution in [3.05, 3.63) is 0 Å². The first-order valence-electron chi connectivity index (χ1n) is 4.08. The summed E-state index contributed by atoms with van der Waals surface area (Å²) in [5.41, 5.74) is 9.64. The van der Waals surface area contributed by atoms with Gasteiger partial charge in [0.25, 0.3) is 0 Å². The van der Waals surface area contributed by atoms with Crippen LogP contribution in [0.2, 0.25) is 0 Å². The number of primary amides is 1. The van der Waals surface area contributed by atoms with Gasteiger partial charge in [0, 0.05) is 13.1 Å². The number of carbonyl (C=O) groups is 1. The molecule has 0 aliphatic rings. The van der Waals surface area contributed by atoms with Gasteiger partial charge in [0.1, 0.15) is 6.23 Å². The molecule has 13 heavy (non-hydrogen) atoms. The molecule has 0 rings (SSSR count). The van der Waals surface area contributed by atoms with Crippen LogP contribution in [0.1, 0.15) is 13.8 Å². The molecule has 0 saturated carbocycles. The molecule has 0 radical (unpaired) electrons. The summed E-state index contributed by atoms with van der Waals surface area (Å²) in [4.78, 5) is 9.60. The molecule has 6 heteroatoms. The van der Waals surface area contributed by atoms with Gasteiger partial charge in [-0.1, -0.05) is 0 Å². The van der Waals surface area contributed by atoms with Gasteiger partial charge in [-0.25, -0.2) is 4.79 Å². The highest BCUT2D eigenvalue weighted by molar-refractivity contribution is 5.64. The molecule has 80 valence electrons. The van der Waals surface area contributed by atoms with E-state index in [1.165, 1.54) is 0 Å². The fraction of sp³-hybridized carbons (Fsp3) is 0.857. The second kappa shape index (κ2) is 11.2. The Morgan fingerprint density at radius 3 is 2.31 bits per heavy atom. The molecule has 0 fully saturated rings. The number of aliphatic hydroxyl groups is 1. The summed E-state index contributed by atoms with van der Waals surface area (Å²) in [6.07, 6.45) is -1.14. The Labute approximate surface area is 78.2 Å². The lowest BCUT2D eigenvalue weighted by Crippen LogP contribution is -2.30. The van der Waals surface area contributed by atoms with E-state index in [2.05, 4.69) is 15.8 Å². The molecule has 0 spiro atoms. The molecular weight excluding hydrogens is 174 g/mol. The Hall–Kier alpha value is -0.850. The largest absolute Gasteiger partial charge is 0.450 e. The second-order valence-electron chi connectivity index (χ2n) is 2.17. The number of carbonyl (C=O) groups excluding carboxylic acids is 1. The average Bonchev–Trinajstić information content (AvgIpc) is 2.01. The maximum absolute atomic E-state index is 9.60. The number of hydrogen-bond acceptors (Lipinski definition) is 5. The van der Waals surface area contributed by atoms with Gasteiger partial charge in [-0.2, -0.15) is 0 Å². The van der Waals surface area contributed by atoms with Crippen molar-refractivity contribution in [2.45, 2.75) is 20.1 Å². The fourth-order valence-corrected chi connectivity index (χ4v) is 0.434. The minimum atomic E-state index is -0.711. The third kappa shape index (κ3) is 24.7. The Kier molecular flexibility index (Phi) is 12.6. The minimum Gasteiger partial charge on any atom is -0.450 e. The van der Waals surface area contributed by atoms with Crippen LogP contribution in [0.5, 0.6) is 0 Å². The third-order valence-corrected chi connectivity index (χ3v) is 0.871. The number of aliphatic hydroxyl groups excluding tert-OH is 1. The van der Waals surface area contributed by atoms with Crippen molar-refractivity contribution in [2.24, 2.45) is 11.5 Å². The lowest BCUT2D eigenvalue weighted by molar-refractivity contribution is 0.158. The maximum Gasteiger partial charge on any atom is 0.404 e. The number of ether oxygens (including phenoxy) is 1. The van der Waals surface area contributed by atoms with Gasteiger partial charge < -0.3 is 21.3 Å². The summed E-state index contributed by atoms with van der Waals surface area (Å²) in [6, 6.07) is 0. The van der Waals surface area contributed by atoms with E-state index in [1.807, 2.05) is 0 Å². The Bertz CT molecular complexity index is 120. The number of nitrogens with one attached hydrogen (secondary N) is 1. The molecule has 6 N–H and O–H groups in total. The van der Waals surface area contributed by atoms with Crippen molar-refractivity contribution in [2.75, 3.05) is 19.7 Å². The summed E-state index contributed by atoms with van der Waals surface area (Å²) in [5, 5.41) is 11.2. The first kappa shape index (κ1) is 14.7. The normalized spacial score (nSPS) is 11.1. The van der Waals surface area contributed by atoms with Crippen molar-refractivity contribution in [3.8, 4) is 0 Å². The quantitative estimate of drug-likeness (QED) is 0.427. The molecule has 1 unspecified atom stereocenters. The molecule has 0 saturated heterocycles. The second-order valence-corrected chi connectivity index (χ2v) is 2.17. The molecule has 1 amide bonds. The number of nitrogens with two attached hydrogens (primary N) is 2. The zero-order valence-corrected chi connectivity index (χ0v) is 8.12. The summed E-state index contributed by atoms with van der Waals surface area (Å²) in [5.74, 6) is 0. The monoisotopic (exact) mass is 193 g/mol. The Morgan fingerprint density at radius 1 is 1.69 bits per heavy atom. The van der Waals surface area contributed by atoms with Crippen molar-refractivity contribution in [1.82, 2.24) is 5.32 Å². The maximum atomic E-state index is 9.60. The smallest absolute Gasteiger partial charge is 0.404 e. The van der Waals surface area contributed by atoms with E-state index in [1.54, 1.807) is 13.8 Å². The molecular formula is C7H19N3O3. The van der Waals surface area contributed by atoms with Gasteiger partial charge in [-0.15, -0.1) is 0 Å². The van der Waals surface area contributed by atoms with Crippen LogP contribution in [0.15, 0.2) is 0 Å². The van der Waals surface area contributed by atoms with Gasteiger partial charge in [0.15, 0.2) is 0 Å². The number of hydrogen-bond donors (Lipinski definition) is 4. The predicted octanol–water partition coefficient (Wildman–Crippen LogP) is -1.03. The van der Waals surface area contributed by atoms with Crippen LogP contribution >= 0.6 is 0 Å². The predicted molar refractivity (Wildman–Crippen MR) is 49.9 cm³/mol. The van der Waals surface area contributed by atoms with Crippen molar-refractivity contribution < 1.29 is 14.6 Å². The van der Waals surface area contributed by atoms with Gasteiger partial charge in [-0.05, 0) is 13.8 Å². The molecule has 0 aromatic rings. The molecule has 0 aliphatic heterocycles. The summed E-state index contributed by atoms with van der Waals surface area (Å²) >= 11 is 0. The zero-order chi connectivity index (χ0) is 10.7.